The van der Waals surface area contributed by atoms with Crippen LogP contribution in [0.2, 0.25) is 0 Å². The van der Waals surface area contributed by atoms with Gasteiger partial charge in [-0.3, -0.25) is 0 Å². The van der Waals surface area contributed by atoms with E-state index in [1.807, 2.05) is 0 Å². The van der Waals surface area contributed by atoms with Crippen molar-refractivity contribution >= 4 is 5.97 Å². The highest BCUT2D eigenvalue weighted by molar-refractivity contribution is 5.72. The molecule has 0 aromatic rings. The second-order valence-electron chi connectivity index (χ2n) is 2.49. The Bertz CT molecular complexity index is 131. The van der Waals surface area contributed by atoms with E-state index in [9.17, 15) is 4.79 Å². The minimum Gasteiger partial charge on any atom is -0.479 e. The summed E-state index contributed by atoms with van der Waals surface area (Å²) in [6.45, 7) is 0.814. The normalized spacial score (nSPS) is 28.3. The van der Waals surface area contributed by atoms with E-state index in [1.165, 1.54) is 0 Å². The molecule has 2 atom stereocenters. The molecule has 0 saturated carbocycles. The second-order valence-corrected chi connectivity index (χ2v) is 2.49. The lowest BCUT2D eigenvalue weighted by atomic mass is 10.1. The van der Waals surface area contributed by atoms with Crippen LogP contribution in [0, 0.1) is 0 Å². The van der Waals surface area contributed by atoms with E-state index in [-0.39, 0.29) is 6.04 Å². The van der Waals surface area contributed by atoms with Crippen LogP contribution in [0.5, 0.6) is 0 Å². The molecule has 3 N–H and O–H groups in total. The summed E-state index contributed by atoms with van der Waals surface area (Å²) in [4.78, 5) is 10.2. The van der Waals surface area contributed by atoms with Crippen LogP contribution >= 0.6 is 0 Å². The van der Waals surface area contributed by atoms with E-state index in [2.05, 4.69) is 5.32 Å². The maximum Gasteiger partial charge on any atom is 0.334 e. The summed E-state index contributed by atoms with van der Waals surface area (Å²) in [7, 11) is 0. The van der Waals surface area contributed by atoms with E-state index in [0.29, 0.717) is 0 Å². The molecule has 4 nitrogen and oxygen atoms in total. The van der Waals surface area contributed by atoms with E-state index < -0.39 is 12.1 Å². The number of nitrogens with one attached hydrogen (secondary N) is 1. The molecular weight excluding hydrogens is 134 g/mol. The first-order valence-corrected chi connectivity index (χ1v) is 3.36. The van der Waals surface area contributed by atoms with Gasteiger partial charge in [0.15, 0.2) is 6.10 Å². The number of hydrogen-bond donors (Lipinski definition) is 3. The summed E-state index contributed by atoms with van der Waals surface area (Å²) in [5, 5.41) is 20.2. The molecule has 0 aliphatic carbocycles. The topological polar surface area (TPSA) is 69.6 Å². The van der Waals surface area contributed by atoms with Crippen LogP contribution in [0.3, 0.4) is 0 Å². The molecule has 0 spiro atoms. The molecular formula is C6H11NO3. The standard InChI is InChI=1S/C6H11NO3/c8-5(6(9)10)4-2-1-3-7-4/h4-5,7-8H,1-3H2,(H,9,10)/t4-,5+/m1/s1. The van der Waals surface area contributed by atoms with Gasteiger partial charge in [-0.2, -0.15) is 0 Å². The van der Waals surface area contributed by atoms with Gasteiger partial charge in [0.25, 0.3) is 0 Å². The lowest BCUT2D eigenvalue weighted by Crippen LogP contribution is -2.40. The molecule has 1 aliphatic rings. The average Bonchev–Trinajstić information content (AvgIpc) is 2.36. The fourth-order valence-corrected chi connectivity index (χ4v) is 1.15. The number of aliphatic hydroxyl groups is 1. The van der Waals surface area contributed by atoms with Crippen molar-refractivity contribution in [1.82, 2.24) is 5.32 Å². The molecule has 1 heterocycles. The summed E-state index contributed by atoms with van der Waals surface area (Å²) in [5.41, 5.74) is 0. The molecule has 0 amide bonds. The molecule has 0 aromatic carbocycles. The lowest BCUT2D eigenvalue weighted by Gasteiger charge is -2.12. The number of carboxylic acid groups (broad SMARTS) is 1. The van der Waals surface area contributed by atoms with Gasteiger partial charge in [0.2, 0.25) is 0 Å². The molecule has 58 valence electrons. The SMILES string of the molecule is O=C(O)[C@@H](O)[C@H]1CCCN1. The highest BCUT2D eigenvalue weighted by Gasteiger charge is 2.27. The lowest BCUT2D eigenvalue weighted by molar-refractivity contribution is -0.147. The van der Waals surface area contributed by atoms with Gasteiger partial charge in [0, 0.05) is 6.04 Å². The number of carbonyl (C=O) groups is 1. The third kappa shape index (κ3) is 1.46. The first kappa shape index (κ1) is 7.50. The maximum atomic E-state index is 10.2. The molecule has 0 bridgehead atoms. The van der Waals surface area contributed by atoms with Gasteiger partial charge in [-0.1, -0.05) is 0 Å². The molecule has 0 unspecified atom stereocenters. The first-order chi connectivity index (χ1) is 4.72. The van der Waals surface area contributed by atoms with Gasteiger partial charge in [-0.05, 0) is 19.4 Å². The highest BCUT2D eigenvalue weighted by Crippen LogP contribution is 2.08. The molecule has 4 heteroatoms. The van der Waals surface area contributed by atoms with Crippen molar-refractivity contribution < 1.29 is 15.0 Å². The molecule has 0 radical (unpaired) electrons. The van der Waals surface area contributed by atoms with Crippen molar-refractivity contribution in [3.05, 3.63) is 0 Å². The predicted molar refractivity (Wildman–Crippen MR) is 34.7 cm³/mol. The van der Waals surface area contributed by atoms with Crippen molar-refractivity contribution in [3.8, 4) is 0 Å². The summed E-state index contributed by atoms with van der Waals surface area (Å²) in [6, 6.07) is -0.238. The van der Waals surface area contributed by atoms with Gasteiger partial charge in [0.1, 0.15) is 0 Å². The third-order valence-corrected chi connectivity index (χ3v) is 1.73. The van der Waals surface area contributed by atoms with Gasteiger partial charge in [-0.25, -0.2) is 4.79 Å². The zero-order valence-corrected chi connectivity index (χ0v) is 5.58. The summed E-state index contributed by atoms with van der Waals surface area (Å²) < 4.78 is 0. The minimum atomic E-state index is -1.23. The van der Waals surface area contributed by atoms with Crippen molar-refractivity contribution in [1.29, 1.82) is 0 Å². The van der Waals surface area contributed by atoms with Crippen LogP contribution in [0.25, 0.3) is 0 Å². The van der Waals surface area contributed by atoms with Crippen LogP contribution in [0.15, 0.2) is 0 Å². The van der Waals surface area contributed by atoms with Crippen LogP contribution in [0.4, 0.5) is 0 Å². The fourth-order valence-electron chi connectivity index (χ4n) is 1.15. The Morgan fingerprint density at radius 3 is 2.80 bits per heavy atom. The van der Waals surface area contributed by atoms with Gasteiger partial charge in [-0.15, -0.1) is 0 Å². The number of carboxylic acids is 1. The zero-order chi connectivity index (χ0) is 7.56. The van der Waals surface area contributed by atoms with E-state index in [4.69, 9.17) is 10.2 Å². The van der Waals surface area contributed by atoms with Crippen molar-refractivity contribution in [2.45, 2.75) is 25.0 Å². The Morgan fingerprint density at radius 2 is 2.40 bits per heavy atom. The van der Waals surface area contributed by atoms with Gasteiger partial charge >= 0.3 is 5.97 Å². The van der Waals surface area contributed by atoms with Gasteiger partial charge in [0.05, 0.1) is 0 Å². The zero-order valence-electron chi connectivity index (χ0n) is 5.58. The molecule has 10 heavy (non-hydrogen) atoms. The second kappa shape index (κ2) is 2.98. The Morgan fingerprint density at radius 1 is 1.70 bits per heavy atom. The molecule has 1 fully saturated rings. The first-order valence-electron chi connectivity index (χ1n) is 3.36. The van der Waals surface area contributed by atoms with Crippen molar-refractivity contribution in [3.63, 3.8) is 0 Å². The maximum absolute atomic E-state index is 10.2. The van der Waals surface area contributed by atoms with E-state index >= 15 is 0 Å². The monoisotopic (exact) mass is 145 g/mol. The fraction of sp³-hybridized carbons (Fsp3) is 0.833. The van der Waals surface area contributed by atoms with E-state index in [0.717, 1.165) is 19.4 Å². The average molecular weight is 145 g/mol. The Kier molecular flexibility index (Phi) is 2.24. The Hall–Kier alpha value is -0.610. The quantitative estimate of drug-likeness (QED) is 0.475. The predicted octanol–water partition coefficient (Wildman–Crippen LogP) is -0.816. The smallest absolute Gasteiger partial charge is 0.334 e. The summed E-state index contributed by atoms with van der Waals surface area (Å²) in [5.74, 6) is -1.14. The third-order valence-electron chi connectivity index (χ3n) is 1.73. The largest absolute Gasteiger partial charge is 0.479 e. The Labute approximate surface area is 58.9 Å². The van der Waals surface area contributed by atoms with Crippen molar-refractivity contribution in [2.24, 2.45) is 0 Å². The summed E-state index contributed by atoms with van der Waals surface area (Å²) in [6.07, 6.45) is 0.477. The number of rotatable bonds is 2. The molecule has 1 aliphatic heterocycles. The number of hydrogen-bond acceptors (Lipinski definition) is 3. The molecule has 0 aromatic heterocycles. The Balaban J connectivity index is 2.39. The van der Waals surface area contributed by atoms with Crippen LogP contribution in [0.1, 0.15) is 12.8 Å². The number of aliphatic hydroxyl groups excluding tert-OH is 1. The summed E-state index contributed by atoms with van der Waals surface area (Å²) >= 11 is 0. The van der Waals surface area contributed by atoms with Crippen LogP contribution in [-0.4, -0.2) is 34.9 Å². The highest BCUT2D eigenvalue weighted by atomic mass is 16.4. The van der Waals surface area contributed by atoms with Crippen LogP contribution < -0.4 is 5.32 Å². The minimum absolute atomic E-state index is 0.238. The molecule has 1 saturated heterocycles. The number of aliphatic carboxylic acids is 1. The van der Waals surface area contributed by atoms with E-state index in [1.54, 1.807) is 0 Å². The van der Waals surface area contributed by atoms with Gasteiger partial charge < -0.3 is 15.5 Å². The van der Waals surface area contributed by atoms with Crippen molar-refractivity contribution in [2.75, 3.05) is 6.54 Å². The van der Waals surface area contributed by atoms with Crippen LogP contribution in [-0.2, 0) is 4.79 Å². The molecule has 1 rings (SSSR count).